The second-order valence-corrected chi connectivity index (χ2v) is 6.49. The van der Waals surface area contributed by atoms with E-state index < -0.39 is 9.05 Å². The fraction of sp³-hybridized carbons (Fsp3) is 0.455. The average Bonchev–Trinajstić information content (AvgIpc) is 2.22. The fourth-order valence-electron chi connectivity index (χ4n) is 1.77. The minimum Gasteiger partial charge on any atom is -0.493 e. The van der Waals surface area contributed by atoms with Crippen LogP contribution in [0.25, 0.3) is 0 Å². The molecule has 96 valence electrons. The maximum atomic E-state index is 11.2. The second kappa shape index (κ2) is 5.14. The van der Waals surface area contributed by atoms with Crippen LogP contribution in [0.4, 0.5) is 0 Å². The van der Waals surface area contributed by atoms with Gasteiger partial charge in [0.05, 0.1) is 20.0 Å². The van der Waals surface area contributed by atoms with Crippen molar-refractivity contribution in [3.05, 3.63) is 22.8 Å². The molecule has 1 aromatic rings. The number of halogens is 1. The van der Waals surface area contributed by atoms with E-state index in [1.165, 1.54) is 14.2 Å². The number of benzene rings is 1. The minimum absolute atomic E-state index is 0.216. The van der Waals surface area contributed by atoms with Crippen molar-refractivity contribution >= 4 is 19.7 Å². The minimum atomic E-state index is -3.59. The van der Waals surface area contributed by atoms with Crippen molar-refractivity contribution in [3.63, 3.8) is 0 Å². The summed E-state index contributed by atoms with van der Waals surface area (Å²) in [5.41, 5.74) is 2.19. The van der Waals surface area contributed by atoms with Crippen LogP contribution in [-0.4, -0.2) is 22.6 Å². The zero-order valence-electron chi connectivity index (χ0n) is 10.2. The van der Waals surface area contributed by atoms with Gasteiger partial charge in [-0.15, -0.1) is 0 Å². The molecule has 0 bridgehead atoms. The highest BCUT2D eigenvalue weighted by Gasteiger charge is 2.18. The SMILES string of the molecule is COc1cc(C)c(CS(=O)(=O)Cl)c(C)c1OC. The molecule has 4 nitrogen and oxygen atoms in total. The van der Waals surface area contributed by atoms with Gasteiger partial charge in [-0.25, -0.2) is 8.42 Å². The number of aryl methyl sites for hydroxylation is 1. The predicted molar refractivity (Wildman–Crippen MR) is 67.5 cm³/mol. The summed E-state index contributed by atoms with van der Waals surface area (Å²) in [6, 6.07) is 1.74. The Morgan fingerprint density at radius 2 is 1.82 bits per heavy atom. The van der Waals surface area contributed by atoms with Crippen molar-refractivity contribution < 1.29 is 17.9 Å². The van der Waals surface area contributed by atoms with Crippen LogP contribution >= 0.6 is 10.7 Å². The van der Waals surface area contributed by atoms with E-state index >= 15 is 0 Å². The third kappa shape index (κ3) is 3.26. The van der Waals surface area contributed by atoms with Gasteiger partial charge < -0.3 is 9.47 Å². The van der Waals surface area contributed by atoms with Gasteiger partial charge in [0.15, 0.2) is 11.5 Å². The summed E-state index contributed by atoms with van der Waals surface area (Å²) >= 11 is 0. The van der Waals surface area contributed by atoms with E-state index in [0.717, 1.165) is 11.1 Å². The number of methoxy groups -OCH3 is 2. The number of ether oxygens (including phenoxy) is 2. The Morgan fingerprint density at radius 3 is 2.24 bits per heavy atom. The molecule has 1 aromatic carbocycles. The van der Waals surface area contributed by atoms with Crippen LogP contribution in [0.2, 0.25) is 0 Å². The van der Waals surface area contributed by atoms with Gasteiger partial charge in [0.2, 0.25) is 9.05 Å². The number of hydrogen-bond acceptors (Lipinski definition) is 4. The summed E-state index contributed by atoms with van der Waals surface area (Å²) in [4.78, 5) is 0. The van der Waals surface area contributed by atoms with Gasteiger partial charge in [0.25, 0.3) is 0 Å². The topological polar surface area (TPSA) is 52.6 Å². The van der Waals surface area contributed by atoms with Crippen molar-refractivity contribution in [1.82, 2.24) is 0 Å². The predicted octanol–water partition coefficient (Wildman–Crippen LogP) is 2.39. The number of rotatable bonds is 4. The van der Waals surface area contributed by atoms with Crippen LogP contribution in [0.1, 0.15) is 16.7 Å². The standard InChI is InChI=1S/C11H15ClO4S/c1-7-5-10(15-3)11(16-4)8(2)9(7)6-17(12,13)14/h5H,6H2,1-4H3. The van der Waals surface area contributed by atoms with Gasteiger partial charge in [-0.2, -0.15) is 0 Å². The lowest BCUT2D eigenvalue weighted by molar-refractivity contribution is 0.352. The smallest absolute Gasteiger partial charge is 0.236 e. The molecule has 0 aromatic heterocycles. The first-order valence-electron chi connectivity index (χ1n) is 4.93. The Kier molecular flexibility index (Phi) is 4.27. The lowest BCUT2D eigenvalue weighted by Gasteiger charge is -2.16. The molecular weight excluding hydrogens is 264 g/mol. The van der Waals surface area contributed by atoms with Crippen molar-refractivity contribution in [3.8, 4) is 11.5 Å². The highest BCUT2D eigenvalue weighted by Crippen LogP contribution is 2.36. The molecule has 0 unspecified atom stereocenters. The molecule has 0 atom stereocenters. The van der Waals surface area contributed by atoms with E-state index in [0.29, 0.717) is 17.1 Å². The third-order valence-electron chi connectivity index (χ3n) is 2.58. The van der Waals surface area contributed by atoms with E-state index in [1.807, 2.05) is 6.92 Å². The second-order valence-electron chi connectivity index (χ2n) is 3.72. The first-order chi connectivity index (χ1) is 7.80. The largest absolute Gasteiger partial charge is 0.493 e. The van der Waals surface area contributed by atoms with Gasteiger partial charge in [0, 0.05) is 10.7 Å². The highest BCUT2D eigenvalue weighted by molar-refractivity contribution is 8.13. The van der Waals surface area contributed by atoms with Gasteiger partial charge >= 0.3 is 0 Å². The van der Waals surface area contributed by atoms with Crippen molar-refractivity contribution in [1.29, 1.82) is 0 Å². The number of hydrogen-bond donors (Lipinski definition) is 0. The van der Waals surface area contributed by atoms with E-state index in [-0.39, 0.29) is 5.75 Å². The van der Waals surface area contributed by atoms with Crippen LogP contribution in [0.5, 0.6) is 11.5 Å². The zero-order valence-corrected chi connectivity index (χ0v) is 11.8. The Bertz CT molecular complexity index is 523. The lowest BCUT2D eigenvalue weighted by atomic mass is 10.0. The molecular formula is C11H15ClO4S. The molecule has 0 heterocycles. The first kappa shape index (κ1) is 14.1. The van der Waals surface area contributed by atoms with Crippen LogP contribution < -0.4 is 9.47 Å². The fourth-order valence-corrected chi connectivity index (χ4v) is 2.88. The van der Waals surface area contributed by atoms with Gasteiger partial charge in [-0.1, -0.05) is 0 Å². The van der Waals surface area contributed by atoms with E-state index in [1.54, 1.807) is 13.0 Å². The molecule has 0 saturated carbocycles. The molecule has 0 N–H and O–H groups in total. The Labute approximate surface area is 106 Å². The van der Waals surface area contributed by atoms with Crippen LogP contribution in [0, 0.1) is 13.8 Å². The van der Waals surface area contributed by atoms with Gasteiger partial charge in [-0.3, -0.25) is 0 Å². The Balaban J connectivity index is 3.42. The van der Waals surface area contributed by atoms with Crippen molar-refractivity contribution in [2.75, 3.05) is 14.2 Å². The van der Waals surface area contributed by atoms with Gasteiger partial charge in [0.1, 0.15) is 0 Å². The zero-order chi connectivity index (χ0) is 13.2. The van der Waals surface area contributed by atoms with Crippen LogP contribution in [0.15, 0.2) is 6.07 Å². The third-order valence-corrected chi connectivity index (χ3v) is 3.54. The quantitative estimate of drug-likeness (QED) is 0.794. The maximum absolute atomic E-state index is 11.2. The Morgan fingerprint density at radius 1 is 1.24 bits per heavy atom. The molecule has 0 radical (unpaired) electrons. The van der Waals surface area contributed by atoms with E-state index in [2.05, 4.69) is 0 Å². The van der Waals surface area contributed by atoms with Crippen LogP contribution in [0.3, 0.4) is 0 Å². The molecule has 0 amide bonds. The molecule has 1 rings (SSSR count). The summed E-state index contributed by atoms with van der Waals surface area (Å²) < 4.78 is 32.7. The molecule has 0 aliphatic heterocycles. The summed E-state index contributed by atoms with van der Waals surface area (Å²) in [5, 5.41) is 0. The van der Waals surface area contributed by atoms with Crippen molar-refractivity contribution in [2.24, 2.45) is 0 Å². The lowest BCUT2D eigenvalue weighted by Crippen LogP contribution is -2.04. The molecule has 0 aliphatic carbocycles. The summed E-state index contributed by atoms with van der Waals surface area (Å²) in [6.07, 6.45) is 0. The average molecular weight is 279 g/mol. The normalized spacial score (nSPS) is 11.4. The Hall–Kier alpha value is -0.940. The van der Waals surface area contributed by atoms with Gasteiger partial charge in [-0.05, 0) is 36.6 Å². The molecule has 0 fully saturated rings. The summed E-state index contributed by atoms with van der Waals surface area (Å²) in [6.45, 7) is 3.60. The molecule has 17 heavy (non-hydrogen) atoms. The summed E-state index contributed by atoms with van der Waals surface area (Å²) in [5.74, 6) is 0.902. The first-order valence-corrected chi connectivity index (χ1v) is 7.41. The highest BCUT2D eigenvalue weighted by atomic mass is 35.7. The molecule has 0 aliphatic rings. The van der Waals surface area contributed by atoms with Crippen molar-refractivity contribution in [2.45, 2.75) is 19.6 Å². The monoisotopic (exact) mass is 278 g/mol. The van der Waals surface area contributed by atoms with E-state index in [9.17, 15) is 8.42 Å². The maximum Gasteiger partial charge on any atom is 0.236 e. The molecule has 0 spiro atoms. The summed E-state index contributed by atoms with van der Waals surface area (Å²) in [7, 11) is 4.74. The molecule has 0 saturated heterocycles. The van der Waals surface area contributed by atoms with Crippen LogP contribution in [-0.2, 0) is 14.8 Å². The van der Waals surface area contributed by atoms with E-state index in [4.69, 9.17) is 20.2 Å². The molecule has 6 heteroatoms.